The predicted molar refractivity (Wildman–Crippen MR) is 83.6 cm³/mol. The Labute approximate surface area is 128 Å². The molecule has 2 unspecified atom stereocenters. The quantitative estimate of drug-likeness (QED) is 0.871. The Morgan fingerprint density at radius 2 is 2.43 bits per heavy atom. The molecule has 1 N–H and O–H groups in total. The summed E-state index contributed by atoms with van der Waals surface area (Å²) in [6.07, 6.45) is 9.04. The van der Waals surface area contributed by atoms with Crippen molar-refractivity contribution < 1.29 is 0 Å². The molecule has 1 aliphatic carbocycles. The molecular formula is C16H27N5. The lowest BCUT2D eigenvalue weighted by molar-refractivity contribution is 0.135. The summed E-state index contributed by atoms with van der Waals surface area (Å²) < 4.78 is 2.06. The van der Waals surface area contributed by atoms with Crippen LogP contribution in [-0.4, -0.2) is 39.6 Å². The highest BCUT2D eigenvalue weighted by Gasteiger charge is 2.37. The van der Waals surface area contributed by atoms with Crippen LogP contribution in [0.25, 0.3) is 0 Å². The molecule has 0 bridgehead atoms. The summed E-state index contributed by atoms with van der Waals surface area (Å²) in [6.45, 7) is 3.90. The summed E-state index contributed by atoms with van der Waals surface area (Å²) >= 11 is 0. The zero-order chi connectivity index (χ0) is 15.3. The number of hydrogen-bond acceptors (Lipinski definition) is 4. The summed E-state index contributed by atoms with van der Waals surface area (Å²) in [7, 11) is 4.17. The number of imidazole rings is 1. The van der Waals surface area contributed by atoms with Gasteiger partial charge in [0.15, 0.2) is 0 Å². The average Bonchev–Trinajstić information content (AvgIpc) is 2.90. The molecule has 1 aromatic rings. The lowest BCUT2D eigenvalue weighted by Crippen LogP contribution is -2.52. The van der Waals surface area contributed by atoms with Crippen LogP contribution >= 0.6 is 0 Å². The first kappa shape index (κ1) is 16.0. The van der Waals surface area contributed by atoms with Gasteiger partial charge < -0.3 is 4.57 Å². The third-order valence-corrected chi connectivity index (χ3v) is 4.59. The molecule has 1 aromatic heterocycles. The van der Waals surface area contributed by atoms with Gasteiger partial charge in [-0.05, 0) is 45.7 Å². The Morgan fingerprint density at radius 3 is 3.05 bits per heavy atom. The second-order valence-electron chi connectivity index (χ2n) is 6.24. The minimum Gasteiger partial charge on any atom is -0.337 e. The molecule has 21 heavy (non-hydrogen) atoms. The van der Waals surface area contributed by atoms with Gasteiger partial charge in [-0.25, -0.2) is 4.98 Å². The maximum absolute atomic E-state index is 9.62. The molecule has 116 valence electrons. The fourth-order valence-corrected chi connectivity index (χ4v) is 3.19. The van der Waals surface area contributed by atoms with Crippen molar-refractivity contribution in [3.05, 3.63) is 18.2 Å². The minimum atomic E-state index is -0.338. The highest BCUT2D eigenvalue weighted by Crippen LogP contribution is 2.31. The molecule has 1 saturated carbocycles. The smallest absolute Gasteiger partial charge is 0.122 e. The summed E-state index contributed by atoms with van der Waals surface area (Å²) in [5.74, 6) is 1.08. The molecule has 0 amide bonds. The van der Waals surface area contributed by atoms with E-state index in [1.807, 2.05) is 19.4 Å². The first-order valence-corrected chi connectivity index (χ1v) is 7.93. The van der Waals surface area contributed by atoms with Gasteiger partial charge in [-0.15, -0.1) is 0 Å². The van der Waals surface area contributed by atoms with E-state index in [-0.39, 0.29) is 5.54 Å². The van der Waals surface area contributed by atoms with Crippen LogP contribution in [0.5, 0.6) is 0 Å². The lowest BCUT2D eigenvalue weighted by atomic mass is 9.79. The van der Waals surface area contributed by atoms with E-state index in [0.717, 1.165) is 51.0 Å². The van der Waals surface area contributed by atoms with E-state index < -0.39 is 0 Å². The van der Waals surface area contributed by atoms with Crippen LogP contribution in [0, 0.1) is 11.3 Å². The minimum absolute atomic E-state index is 0.338. The SMILES string of the molecule is CCCNC1(C#N)CCCC(N(C)Cc2nccn2C)C1. The predicted octanol–water partition coefficient (Wildman–Crippen LogP) is 2.06. The Hall–Kier alpha value is -1.38. The third-order valence-electron chi connectivity index (χ3n) is 4.59. The largest absolute Gasteiger partial charge is 0.337 e. The van der Waals surface area contributed by atoms with E-state index in [1.54, 1.807) is 0 Å². The van der Waals surface area contributed by atoms with Crippen molar-refractivity contribution in [1.82, 2.24) is 19.8 Å². The van der Waals surface area contributed by atoms with Gasteiger partial charge in [-0.2, -0.15) is 5.26 Å². The van der Waals surface area contributed by atoms with Crippen LogP contribution in [0.15, 0.2) is 12.4 Å². The number of nitriles is 1. The molecular weight excluding hydrogens is 262 g/mol. The van der Waals surface area contributed by atoms with Gasteiger partial charge >= 0.3 is 0 Å². The van der Waals surface area contributed by atoms with Crippen molar-refractivity contribution in [2.75, 3.05) is 13.6 Å². The normalized spacial score (nSPS) is 26.0. The maximum Gasteiger partial charge on any atom is 0.122 e. The summed E-state index contributed by atoms with van der Waals surface area (Å²) in [5.41, 5.74) is -0.338. The second-order valence-corrected chi connectivity index (χ2v) is 6.24. The number of nitrogens with one attached hydrogen (secondary N) is 1. The molecule has 5 heteroatoms. The van der Waals surface area contributed by atoms with Crippen LogP contribution in [0.4, 0.5) is 0 Å². The summed E-state index contributed by atoms with van der Waals surface area (Å²) in [5, 5.41) is 13.1. The van der Waals surface area contributed by atoms with Crippen LogP contribution < -0.4 is 5.32 Å². The first-order valence-electron chi connectivity index (χ1n) is 7.93. The standard InChI is InChI=1S/C16H27N5/c1-4-8-19-16(13-17)7-5-6-14(11-16)21(3)12-15-18-9-10-20(15)2/h9-10,14,19H,4-8,11-12H2,1-3H3. The third kappa shape index (κ3) is 3.84. The van der Waals surface area contributed by atoms with Gasteiger partial charge in [-0.1, -0.05) is 6.92 Å². The molecule has 1 heterocycles. The van der Waals surface area contributed by atoms with Crippen molar-refractivity contribution >= 4 is 0 Å². The Morgan fingerprint density at radius 1 is 1.62 bits per heavy atom. The highest BCUT2D eigenvalue weighted by molar-refractivity contribution is 5.11. The zero-order valence-electron chi connectivity index (χ0n) is 13.5. The van der Waals surface area contributed by atoms with Crippen molar-refractivity contribution in [3.8, 4) is 6.07 Å². The molecule has 0 saturated heterocycles. The van der Waals surface area contributed by atoms with Gasteiger partial charge in [0.05, 0.1) is 12.6 Å². The number of nitrogens with zero attached hydrogens (tertiary/aromatic N) is 4. The van der Waals surface area contributed by atoms with Gasteiger partial charge in [0, 0.05) is 25.5 Å². The monoisotopic (exact) mass is 289 g/mol. The second kappa shape index (κ2) is 7.06. The van der Waals surface area contributed by atoms with E-state index in [4.69, 9.17) is 0 Å². The van der Waals surface area contributed by atoms with Crippen LogP contribution in [0.1, 0.15) is 44.9 Å². The average molecular weight is 289 g/mol. The van der Waals surface area contributed by atoms with Gasteiger partial charge in [-0.3, -0.25) is 10.2 Å². The topological polar surface area (TPSA) is 56.9 Å². The van der Waals surface area contributed by atoms with E-state index in [9.17, 15) is 5.26 Å². The highest BCUT2D eigenvalue weighted by atomic mass is 15.2. The molecule has 2 rings (SSSR count). The first-order chi connectivity index (χ1) is 10.1. The molecule has 0 spiro atoms. The van der Waals surface area contributed by atoms with E-state index in [2.05, 4.69) is 39.8 Å². The molecule has 2 atom stereocenters. The number of aromatic nitrogens is 2. The van der Waals surface area contributed by atoms with E-state index >= 15 is 0 Å². The summed E-state index contributed by atoms with van der Waals surface area (Å²) in [4.78, 5) is 6.75. The van der Waals surface area contributed by atoms with Crippen LogP contribution in [0.2, 0.25) is 0 Å². The summed E-state index contributed by atoms with van der Waals surface area (Å²) in [6, 6.07) is 2.99. The van der Waals surface area contributed by atoms with E-state index in [1.165, 1.54) is 0 Å². The molecule has 1 aliphatic rings. The fourth-order valence-electron chi connectivity index (χ4n) is 3.19. The molecule has 0 radical (unpaired) electrons. The number of aryl methyl sites for hydroxylation is 1. The molecule has 1 fully saturated rings. The van der Waals surface area contributed by atoms with Crippen molar-refractivity contribution in [1.29, 1.82) is 5.26 Å². The molecule has 0 aliphatic heterocycles. The molecule has 5 nitrogen and oxygen atoms in total. The zero-order valence-corrected chi connectivity index (χ0v) is 13.5. The van der Waals surface area contributed by atoms with Gasteiger partial charge in [0.2, 0.25) is 0 Å². The Kier molecular flexibility index (Phi) is 5.38. The van der Waals surface area contributed by atoms with Gasteiger partial charge in [0.1, 0.15) is 11.4 Å². The maximum atomic E-state index is 9.62. The number of rotatable bonds is 6. The van der Waals surface area contributed by atoms with Crippen LogP contribution in [0.3, 0.4) is 0 Å². The lowest BCUT2D eigenvalue weighted by Gasteiger charge is -2.40. The van der Waals surface area contributed by atoms with E-state index in [0.29, 0.717) is 6.04 Å². The van der Waals surface area contributed by atoms with Crippen LogP contribution in [-0.2, 0) is 13.6 Å². The van der Waals surface area contributed by atoms with Gasteiger partial charge in [0.25, 0.3) is 0 Å². The van der Waals surface area contributed by atoms with Crippen molar-refractivity contribution in [3.63, 3.8) is 0 Å². The Bertz CT molecular complexity index is 489. The van der Waals surface area contributed by atoms with Crippen molar-refractivity contribution in [2.45, 2.75) is 57.2 Å². The van der Waals surface area contributed by atoms with Crippen molar-refractivity contribution in [2.24, 2.45) is 7.05 Å². The number of hydrogen-bond donors (Lipinski definition) is 1. The molecule has 0 aromatic carbocycles. The Balaban J connectivity index is 1.99. The fraction of sp³-hybridized carbons (Fsp3) is 0.750.